The van der Waals surface area contributed by atoms with E-state index in [1.54, 1.807) is 0 Å². The minimum Gasteiger partial charge on any atom is -0.329 e. The van der Waals surface area contributed by atoms with Crippen LogP contribution in [0.15, 0.2) is 0 Å². The molecule has 1 saturated carbocycles. The Bertz CT molecular complexity index is 225. The van der Waals surface area contributed by atoms with E-state index in [4.69, 9.17) is 5.73 Å². The van der Waals surface area contributed by atoms with Gasteiger partial charge in [-0.2, -0.15) is 0 Å². The Morgan fingerprint density at radius 3 is 2.56 bits per heavy atom. The van der Waals surface area contributed by atoms with Gasteiger partial charge < -0.3 is 10.6 Å². The van der Waals surface area contributed by atoms with E-state index in [0.717, 1.165) is 19.0 Å². The van der Waals surface area contributed by atoms with E-state index in [9.17, 15) is 0 Å². The predicted octanol–water partition coefficient (Wildman–Crippen LogP) is 1.14. The fraction of sp³-hybridized carbons (Fsp3) is 1.00. The third-order valence-corrected chi connectivity index (χ3v) is 4.72. The highest BCUT2D eigenvalue weighted by atomic mass is 15.3. The van der Waals surface area contributed by atoms with Crippen molar-refractivity contribution in [2.45, 2.75) is 37.6 Å². The van der Waals surface area contributed by atoms with Crippen LogP contribution in [-0.4, -0.2) is 55.6 Å². The maximum Gasteiger partial charge on any atom is 0.0467 e. The van der Waals surface area contributed by atoms with Crippen molar-refractivity contribution in [1.82, 2.24) is 9.80 Å². The zero-order valence-electron chi connectivity index (χ0n) is 10.9. The summed E-state index contributed by atoms with van der Waals surface area (Å²) in [6, 6.07) is 0. The van der Waals surface area contributed by atoms with E-state index >= 15 is 0 Å². The maximum absolute atomic E-state index is 6.04. The molecular weight excluding hydrogens is 198 g/mol. The highest BCUT2D eigenvalue weighted by Gasteiger charge is 2.39. The van der Waals surface area contributed by atoms with Gasteiger partial charge in [-0.1, -0.05) is 12.8 Å². The standard InChI is InChI=1S/C13H27N3/c1-15-8-7-13(10-14,11-15)16(2)9-12-5-3-4-6-12/h12H,3-11,14H2,1-2H3. The summed E-state index contributed by atoms with van der Waals surface area (Å²) in [6.45, 7) is 4.41. The summed E-state index contributed by atoms with van der Waals surface area (Å²) in [4.78, 5) is 4.98. The Labute approximate surface area is 100.0 Å². The number of nitrogens with zero attached hydrogens (tertiary/aromatic N) is 2. The first-order valence-electron chi connectivity index (χ1n) is 6.76. The number of nitrogens with two attached hydrogens (primary N) is 1. The van der Waals surface area contributed by atoms with E-state index in [0.29, 0.717) is 0 Å². The molecule has 0 amide bonds. The molecular formula is C13H27N3. The summed E-state index contributed by atoms with van der Waals surface area (Å²) in [5, 5.41) is 0. The van der Waals surface area contributed by atoms with Gasteiger partial charge >= 0.3 is 0 Å². The van der Waals surface area contributed by atoms with Crippen LogP contribution in [0.2, 0.25) is 0 Å². The van der Waals surface area contributed by atoms with E-state index in [-0.39, 0.29) is 5.54 Å². The molecule has 0 aromatic carbocycles. The van der Waals surface area contributed by atoms with Gasteiger partial charge in [0.1, 0.15) is 0 Å². The molecule has 2 fully saturated rings. The van der Waals surface area contributed by atoms with Gasteiger partial charge in [-0.25, -0.2) is 0 Å². The number of hydrogen-bond acceptors (Lipinski definition) is 3. The average Bonchev–Trinajstić information content (AvgIpc) is 2.88. The maximum atomic E-state index is 6.04. The van der Waals surface area contributed by atoms with Crippen molar-refractivity contribution in [3.05, 3.63) is 0 Å². The normalized spacial score (nSPS) is 33.0. The minimum absolute atomic E-state index is 0.261. The average molecular weight is 225 g/mol. The van der Waals surface area contributed by atoms with Crippen LogP contribution >= 0.6 is 0 Å². The molecule has 16 heavy (non-hydrogen) atoms. The summed E-state index contributed by atoms with van der Waals surface area (Å²) in [6.07, 6.45) is 6.98. The topological polar surface area (TPSA) is 32.5 Å². The van der Waals surface area contributed by atoms with Crippen LogP contribution in [0.5, 0.6) is 0 Å². The number of likely N-dealkylation sites (tertiary alicyclic amines) is 1. The zero-order valence-corrected chi connectivity index (χ0v) is 10.9. The van der Waals surface area contributed by atoms with Crippen LogP contribution in [0.25, 0.3) is 0 Å². The fourth-order valence-corrected chi connectivity index (χ4v) is 3.47. The van der Waals surface area contributed by atoms with Crippen molar-refractivity contribution in [3.63, 3.8) is 0 Å². The molecule has 94 valence electrons. The van der Waals surface area contributed by atoms with Gasteiger partial charge in [0.15, 0.2) is 0 Å². The number of rotatable bonds is 4. The van der Waals surface area contributed by atoms with Gasteiger partial charge in [0.25, 0.3) is 0 Å². The van der Waals surface area contributed by atoms with E-state index in [1.807, 2.05) is 0 Å². The van der Waals surface area contributed by atoms with Crippen molar-refractivity contribution in [2.24, 2.45) is 11.7 Å². The predicted molar refractivity (Wildman–Crippen MR) is 68.5 cm³/mol. The fourth-order valence-electron chi connectivity index (χ4n) is 3.47. The minimum atomic E-state index is 0.261. The van der Waals surface area contributed by atoms with Crippen molar-refractivity contribution in [1.29, 1.82) is 0 Å². The third kappa shape index (κ3) is 2.41. The molecule has 1 unspecified atom stereocenters. The summed E-state index contributed by atoms with van der Waals surface area (Å²) in [7, 11) is 4.49. The molecule has 1 heterocycles. The molecule has 3 nitrogen and oxygen atoms in total. The van der Waals surface area contributed by atoms with Crippen molar-refractivity contribution in [2.75, 3.05) is 40.3 Å². The lowest BCUT2D eigenvalue weighted by Gasteiger charge is -2.39. The molecule has 0 radical (unpaired) electrons. The van der Waals surface area contributed by atoms with Gasteiger partial charge in [0.2, 0.25) is 0 Å². The SMILES string of the molecule is CN1CCC(CN)(N(C)CC2CCCC2)C1. The molecule has 2 rings (SSSR count). The first kappa shape index (κ1) is 12.3. The van der Waals surface area contributed by atoms with Gasteiger partial charge in [-0.05, 0) is 45.8 Å². The van der Waals surface area contributed by atoms with Crippen LogP contribution in [0, 0.1) is 5.92 Å². The second-order valence-electron chi connectivity index (χ2n) is 5.95. The van der Waals surface area contributed by atoms with Gasteiger partial charge in [-0.15, -0.1) is 0 Å². The Morgan fingerprint density at radius 2 is 2.06 bits per heavy atom. The molecule has 0 spiro atoms. The molecule has 0 aromatic heterocycles. The lowest BCUT2D eigenvalue weighted by molar-refractivity contribution is 0.114. The van der Waals surface area contributed by atoms with Crippen LogP contribution in [0.3, 0.4) is 0 Å². The second kappa shape index (κ2) is 5.03. The molecule has 1 aliphatic carbocycles. The smallest absolute Gasteiger partial charge is 0.0467 e. The largest absolute Gasteiger partial charge is 0.329 e. The van der Waals surface area contributed by atoms with Gasteiger partial charge in [0, 0.05) is 25.2 Å². The Balaban J connectivity index is 1.92. The van der Waals surface area contributed by atoms with Crippen LogP contribution in [0.4, 0.5) is 0 Å². The molecule has 0 bridgehead atoms. The van der Waals surface area contributed by atoms with Crippen molar-refractivity contribution in [3.8, 4) is 0 Å². The highest BCUT2D eigenvalue weighted by Crippen LogP contribution is 2.30. The van der Waals surface area contributed by atoms with Crippen LogP contribution in [0.1, 0.15) is 32.1 Å². The summed E-state index contributed by atoms with van der Waals surface area (Å²) in [5.74, 6) is 0.930. The Morgan fingerprint density at radius 1 is 1.38 bits per heavy atom. The van der Waals surface area contributed by atoms with Gasteiger partial charge in [0.05, 0.1) is 0 Å². The molecule has 0 aromatic rings. The van der Waals surface area contributed by atoms with Crippen LogP contribution < -0.4 is 5.73 Å². The van der Waals surface area contributed by atoms with Gasteiger partial charge in [-0.3, -0.25) is 4.90 Å². The lowest BCUT2D eigenvalue weighted by Crippen LogP contribution is -2.54. The van der Waals surface area contributed by atoms with Crippen LogP contribution in [-0.2, 0) is 0 Å². The Kier molecular flexibility index (Phi) is 3.88. The quantitative estimate of drug-likeness (QED) is 0.779. The summed E-state index contributed by atoms with van der Waals surface area (Å²) >= 11 is 0. The number of hydrogen-bond donors (Lipinski definition) is 1. The summed E-state index contributed by atoms with van der Waals surface area (Å²) in [5.41, 5.74) is 6.30. The third-order valence-electron chi connectivity index (χ3n) is 4.72. The molecule has 1 atom stereocenters. The first-order valence-corrected chi connectivity index (χ1v) is 6.76. The first-order chi connectivity index (χ1) is 7.66. The lowest BCUT2D eigenvalue weighted by atomic mass is 9.94. The molecule has 1 saturated heterocycles. The summed E-state index contributed by atoms with van der Waals surface area (Å²) < 4.78 is 0. The van der Waals surface area contributed by atoms with Crippen molar-refractivity contribution >= 4 is 0 Å². The molecule has 1 aliphatic heterocycles. The van der Waals surface area contributed by atoms with E-state index in [1.165, 1.54) is 45.2 Å². The monoisotopic (exact) mass is 225 g/mol. The zero-order chi connectivity index (χ0) is 11.6. The highest BCUT2D eigenvalue weighted by molar-refractivity contribution is 4.98. The van der Waals surface area contributed by atoms with Crippen molar-refractivity contribution < 1.29 is 0 Å². The Hall–Kier alpha value is -0.120. The molecule has 3 heteroatoms. The number of likely N-dealkylation sites (N-methyl/N-ethyl adjacent to an activating group) is 2. The van der Waals surface area contributed by atoms with E-state index < -0.39 is 0 Å². The molecule has 2 N–H and O–H groups in total. The molecule has 2 aliphatic rings. The van der Waals surface area contributed by atoms with E-state index in [2.05, 4.69) is 23.9 Å². The second-order valence-corrected chi connectivity index (χ2v) is 5.95.